The number of aromatic nitrogens is 2. The number of hydrogen-bond donors (Lipinski definition) is 1. The summed E-state index contributed by atoms with van der Waals surface area (Å²) < 4.78 is 30.1. The molecular formula is C14H12N4O4S2. The van der Waals surface area contributed by atoms with Crippen LogP contribution >= 0.6 is 11.3 Å². The predicted octanol–water partition coefficient (Wildman–Crippen LogP) is 1.27. The molecule has 2 heterocycles. The minimum Gasteiger partial charge on any atom is -0.351 e. The first-order valence-electron chi connectivity index (χ1n) is 6.67. The van der Waals surface area contributed by atoms with Gasteiger partial charge in [-0.05, 0) is 18.2 Å². The van der Waals surface area contributed by atoms with Crippen LogP contribution in [0.2, 0.25) is 0 Å². The summed E-state index contributed by atoms with van der Waals surface area (Å²) in [6.07, 6.45) is 3.00. The third-order valence-corrected chi connectivity index (χ3v) is 5.09. The number of amides is 1. The molecule has 3 aromatic rings. The zero-order valence-electron chi connectivity index (χ0n) is 12.2. The predicted molar refractivity (Wildman–Crippen MR) is 87.8 cm³/mol. The first-order chi connectivity index (χ1) is 11.4. The lowest BCUT2D eigenvalue weighted by atomic mass is 10.3. The monoisotopic (exact) mass is 364 g/mol. The van der Waals surface area contributed by atoms with Crippen molar-refractivity contribution in [1.82, 2.24) is 9.72 Å². The van der Waals surface area contributed by atoms with Crippen LogP contribution in [0, 0.1) is 0 Å². The number of nitrogens with zero attached hydrogens (tertiary/aromatic N) is 3. The molecule has 3 rings (SSSR count). The minimum absolute atomic E-state index is 0.00452. The van der Waals surface area contributed by atoms with E-state index in [0.29, 0.717) is 16.0 Å². The van der Waals surface area contributed by atoms with Crippen LogP contribution in [0.4, 0.5) is 0 Å². The van der Waals surface area contributed by atoms with E-state index in [9.17, 15) is 13.2 Å². The fraction of sp³-hybridized carbons (Fsp3) is 0.0714. The SMILES string of the molecule is C=CCn1c(=NC(=O)c2ccno2)sc2cc(S(N)(=O)=O)ccc21. The Bertz CT molecular complexity index is 1090. The van der Waals surface area contributed by atoms with E-state index in [1.165, 1.54) is 35.7 Å². The van der Waals surface area contributed by atoms with E-state index in [1.54, 1.807) is 16.7 Å². The molecule has 2 N–H and O–H groups in total. The van der Waals surface area contributed by atoms with Crippen LogP contribution in [0.3, 0.4) is 0 Å². The Kier molecular flexibility index (Phi) is 4.18. The van der Waals surface area contributed by atoms with Gasteiger partial charge in [0.2, 0.25) is 15.8 Å². The number of allylic oxidation sites excluding steroid dienone is 1. The molecule has 2 aromatic heterocycles. The molecule has 0 radical (unpaired) electrons. The standard InChI is InChI=1S/C14H12N4O4S2/c1-2-7-18-10-4-3-9(24(15,20)21)8-12(10)23-14(18)17-13(19)11-5-6-16-22-11/h2-6,8H,1,7H2,(H2,15,20,21). The number of rotatable bonds is 4. The third-order valence-electron chi connectivity index (χ3n) is 3.14. The van der Waals surface area contributed by atoms with Crippen LogP contribution in [0.15, 0.2) is 57.5 Å². The molecule has 1 amide bonds. The van der Waals surface area contributed by atoms with Crippen LogP contribution in [-0.2, 0) is 16.6 Å². The van der Waals surface area contributed by atoms with Gasteiger partial charge in [0.25, 0.3) is 0 Å². The van der Waals surface area contributed by atoms with Crippen LogP contribution in [-0.4, -0.2) is 24.0 Å². The van der Waals surface area contributed by atoms with Gasteiger partial charge in [-0.25, -0.2) is 13.6 Å². The number of sulfonamides is 1. The molecule has 10 heteroatoms. The van der Waals surface area contributed by atoms with E-state index in [-0.39, 0.29) is 10.7 Å². The number of carbonyl (C=O) groups excluding carboxylic acids is 1. The molecule has 8 nitrogen and oxygen atoms in total. The second-order valence-corrected chi connectivity index (χ2v) is 7.32. The number of thiazole rings is 1. The van der Waals surface area contributed by atoms with Crippen molar-refractivity contribution in [2.45, 2.75) is 11.4 Å². The lowest BCUT2D eigenvalue weighted by Crippen LogP contribution is -2.16. The third kappa shape index (κ3) is 3.07. The highest BCUT2D eigenvalue weighted by Crippen LogP contribution is 2.21. The van der Waals surface area contributed by atoms with Crippen molar-refractivity contribution in [3.05, 3.63) is 53.7 Å². The maximum absolute atomic E-state index is 12.1. The summed E-state index contributed by atoms with van der Waals surface area (Å²) in [5.74, 6) is -0.564. The minimum atomic E-state index is -3.81. The van der Waals surface area contributed by atoms with Crippen LogP contribution < -0.4 is 9.94 Å². The average molecular weight is 364 g/mol. The molecule has 0 bridgehead atoms. The maximum Gasteiger partial charge on any atom is 0.318 e. The molecular weight excluding hydrogens is 352 g/mol. The van der Waals surface area contributed by atoms with Crippen LogP contribution in [0.25, 0.3) is 10.2 Å². The second kappa shape index (κ2) is 6.15. The first kappa shape index (κ1) is 16.3. The van der Waals surface area contributed by atoms with Gasteiger partial charge in [-0.1, -0.05) is 22.6 Å². The smallest absolute Gasteiger partial charge is 0.318 e. The topological polar surface area (TPSA) is 121 Å². The molecule has 0 unspecified atom stereocenters. The van der Waals surface area contributed by atoms with E-state index < -0.39 is 15.9 Å². The zero-order valence-corrected chi connectivity index (χ0v) is 13.9. The van der Waals surface area contributed by atoms with Gasteiger partial charge in [0.15, 0.2) is 4.80 Å². The van der Waals surface area contributed by atoms with Crippen molar-refractivity contribution < 1.29 is 17.7 Å². The van der Waals surface area contributed by atoms with Gasteiger partial charge in [0, 0.05) is 12.6 Å². The first-order valence-corrected chi connectivity index (χ1v) is 9.03. The van der Waals surface area contributed by atoms with E-state index in [1.807, 2.05) is 0 Å². The Morgan fingerprint density at radius 2 is 2.25 bits per heavy atom. The molecule has 24 heavy (non-hydrogen) atoms. The molecule has 0 aliphatic heterocycles. The largest absolute Gasteiger partial charge is 0.351 e. The summed E-state index contributed by atoms with van der Waals surface area (Å²) in [4.78, 5) is 16.5. The average Bonchev–Trinajstić information content (AvgIpc) is 3.15. The molecule has 0 saturated carbocycles. The van der Waals surface area contributed by atoms with Gasteiger partial charge in [-0.15, -0.1) is 6.58 Å². The number of hydrogen-bond acceptors (Lipinski definition) is 6. The highest BCUT2D eigenvalue weighted by Gasteiger charge is 2.14. The Balaban J connectivity index is 2.21. The number of benzene rings is 1. The second-order valence-electron chi connectivity index (χ2n) is 4.75. The van der Waals surface area contributed by atoms with Gasteiger partial charge < -0.3 is 9.09 Å². The lowest BCUT2D eigenvalue weighted by Gasteiger charge is -2.02. The molecule has 0 saturated heterocycles. The molecule has 0 spiro atoms. The quantitative estimate of drug-likeness (QED) is 0.699. The molecule has 0 atom stereocenters. The van der Waals surface area contributed by atoms with Crippen molar-refractivity contribution in [2.24, 2.45) is 10.1 Å². The van der Waals surface area contributed by atoms with Crippen molar-refractivity contribution in [2.75, 3.05) is 0 Å². The molecule has 0 fully saturated rings. The van der Waals surface area contributed by atoms with Gasteiger partial charge in [-0.2, -0.15) is 4.99 Å². The molecule has 124 valence electrons. The molecule has 0 aliphatic rings. The van der Waals surface area contributed by atoms with Gasteiger partial charge in [0.05, 0.1) is 21.3 Å². The van der Waals surface area contributed by atoms with Crippen LogP contribution in [0.5, 0.6) is 0 Å². The van der Waals surface area contributed by atoms with Crippen LogP contribution in [0.1, 0.15) is 10.6 Å². The van der Waals surface area contributed by atoms with Crippen molar-refractivity contribution in [3.63, 3.8) is 0 Å². The fourth-order valence-corrected chi connectivity index (χ4v) is 3.78. The number of nitrogens with two attached hydrogens (primary N) is 1. The van der Waals surface area contributed by atoms with Gasteiger partial charge in [0.1, 0.15) is 0 Å². The Morgan fingerprint density at radius 1 is 1.46 bits per heavy atom. The van der Waals surface area contributed by atoms with Crippen molar-refractivity contribution in [3.8, 4) is 0 Å². The zero-order chi connectivity index (χ0) is 17.3. The Labute approximate surface area is 140 Å². The summed E-state index contributed by atoms with van der Waals surface area (Å²) in [6.45, 7) is 4.08. The summed E-state index contributed by atoms with van der Waals surface area (Å²) in [6, 6.07) is 5.89. The van der Waals surface area contributed by atoms with E-state index >= 15 is 0 Å². The lowest BCUT2D eigenvalue weighted by molar-refractivity contribution is 0.0962. The Hall–Kier alpha value is -2.56. The van der Waals surface area contributed by atoms with E-state index in [0.717, 1.165) is 5.52 Å². The highest BCUT2D eigenvalue weighted by molar-refractivity contribution is 7.89. The summed E-state index contributed by atoms with van der Waals surface area (Å²) in [5, 5.41) is 8.62. The maximum atomic E-state index is 12.1. The van der Waals surface area contributed by atoms with Crippen molar-refractivity contribution >= 4 is 37.5 Å². The summed E-state index contributed by atoms with van der Waals surface area (Å²) >= 11 is 1.17. The van der Waals surface area contributed by atoms with Crippen molar-refractivity contribution in [1.29, 1.82) is 0 Å². The summed E-state index contributed by atoms with van der Waals surface area (Å²) in [7, 11) is -3.81. The van der Waals surface area contributed by atoms with Gasteiger partial charge >= 0.3 is 5.91 Å². The summed E-state index contributed by atoms with van der Waals surface area (Å²) in [5.41, 5.74) is 0.719. The van der Waals surface area contributed by atoms with Gasteiger partial charge in [-0.3, -0.25) is 4.79 Å². The number of fused-ring (bicyclic) bond motifs is 1. The highest BCUT2D eigenvalue weighted by atomic mass is 32.2. The van der Waals surface area contributed by atoms with E-state index in [4.69, 9.17) is 9.66 Å². The molecule has 0 aliphatic carbocycles. The normalized spacial score (nSPS) is 12.6. The Morgan fingerprint density at radius 3 is 2.88 bits per heavy atom. The fourth-order valence-electron chi connectivity index (χ4n) is 2.09. The molecule has 1 aromatic carbocycles. The number of carbonyl (C=O) groups is 1. The number of primary sulfonamides is 1. The van der Waals surface area contributed by atoms with E-state index in [2.05, 4.69) is 16.7 Å².